The van der Waals surface area contributed by atoms with Gasteiger partial charge >= 0.3 is 0 Å². The van der Waals surface area contributed by atoms with Crippen molar-refractivity contribution in [3.05, 3.63) is 76.2 Å². The zero-order valence-corrected chi connectivity index (χ0v) is 15.3. The number of nitrogens with zero attached hydrogens (tertiary/aromatic N) is 2. The van der Waals surface area contributed by atoms with Crippen LogP contribution in [0.15, 0.2) is 64.1 Å². The van der Waals surface area contributed by atoms with Gasteiger partial charge in [0, 0.05) is 12.1 Å². The summed E-state index contributed by atoms with van der Waals surface area (Å²) in [7, 11) is -4.03. The van der Waals surface area contributed by atoms with Gasteiger partial charge < -0.3 is 9.84 Å². The molecule has 3 rings (SSSR count). The van der Waals surface area contributed by atoms with E-state index < -0.39 is 20.9 Å². The van der Waals surface area contributed by atoms with Gasteiger partial charge in [0.1, 0.15) is 11.3 Å². The number of non-ortho nitro benzene ring substituents is 1. The van der Waals surface area contributed by atoms with Crippen molar-refractivity contribution in [2.75, 3.05) is 10.0 Å². The molecule has 1 amide bonds. The average Bonchev–Trinajstić information content (AvgIpc) is 3.09. The molecular weight excluding hydrogens is 388 g/mol. The highest BCUT2D eigenvalue weighted by atomic mass is 32.2. The van der Waals surface area contributed by atoms with Gasteiger partial charge in [-0.05, 0) is 31.2 Å². The summed E-state index contributed by atoms with van der Waals surface area (Å²) in [6.45, 7) is 1.57. The maximum Gasteiger partial charge on any atom is 0.269 e. The monoisotopic (exact) mass is 402 g/mol. The number of carbonyl (C=O) groups is 1. The highest BCUT2D eigenvalue weighted by Gasteiger charge is 2.19. The van der Waals surface area contributed by atoms with Crippen molar-refractivity contribution in [1.29, 1.82) is 0 Å². The van der Waals surface area contributed by atoms with Crippen LogP contribution in [0.2, 0.25) is 0 Å². The molecule has 1 aromatic heterocycles. The van der Waals surface area contributed by atoms with Crippen LogP contribution in [0.25, 0.3) is 0 Å². The highest BCUT2D eigenvalue weighted by molar-refractivity contribution is 7.92. The van der Waals surface area contributed by atoms with Crippen LogP contribution in [0.4, 0.5) is 17.1 Å². The number of carbonyl (C=O) groups excluding carboxylic acids is 1. The van der Waals surface area contributed by atoms with Gasteiger partial charge in [0.05, 0.1) is 27.4 Å². The fourth-order valence-corrected chi connectivity index (χ4v) is 3.42. The Bertz CT molecular complexity index is 1140. The lowest BCUT2D eigenvalue weighted by Crippen LogP contribution is -2.17. The Morgan fingerprint density at radius 1 is 1.11 bits per heavy atom. The summed E-state index contributed by atoms with van der Waals surface area (Å²) < 4.78 is 32.4. The van der Waals surface area contributed by atoms with E-state index in [2.05, 4.69) is 15.2 Å². The van der Waals surface area contributed by atoms with Crippen LogP contribution in [0.3, 0.4) is 0 Å². The number of aryl methyl sites for hydroxylation is 1. The summed E-state index contributed by atoms with van der Waals surface area (Å²) in [5.74, 6) is -0.192. The Labute approximate surface area is 159 Å². The molecule has 28 heavy (non-hydrogen) atoms. The maximum atomic E-state index is 12.6. The largest absolute Gasteiger partial charge is 0.361 e. The van der Waals surface area contributed by atoms with E-state index in [0.717, 1.165) is 24.3 Å². The Morgan fingerprint density at radius 3 is 2.32 bits per heavy atom. The number of hydrogen-bond acceptors (Lipinski definition) is 7. The molecule has 1 heterocycles. The molecule has 2 N–H and O–H groups in total. The summed E-state index contributed by atoms with van der Waals surface area (Å²) in [6.07, 6.45) is 1.26. The third kappa shape index (κ3) is 3.99. The number of para-hydroxylation sites is 2. The molecule has 0 aliphatic heterocycles. The van der Waals surface area contributed by atoms with E-state index in [1.807, 2.05) is 0 Å². The first kappa shape index (κ1) is 19.0. The molecule has 144 valence electrons. The molecule has 0 saturated carbocycles. The van der Waals surface area contributed by atoms with Gasteiger partial charge in [-0.15, -0.1) is 0 Å². The third-order valence-electron chi connectivity index (χ3n) is 3.77. The van der Waals surface area contributed by atoms with Crippen LogP contribution in [-0.2, 0) is 10.0 Å². The van der Waals surface area contributed by atoms with Crippen molar-refractivity contribution in [1.82, 2.24) is 5.16 Å². The van der Waals surface area contributed by atoms with Crippen molar-refractivity contribution in [3.8, 4) is 0 Å². The molecule has 3 aromatic rings. The zero-order valence-electron chi connectivity index (χ0n) is 14.4. The van der Waals surface area contributed by atoms with E-state index in [9.17, 15) is 23.3 Å². The molecule has 11 heteroatoms. The van der Waals surface area contributed by atoms with E-state index in [1.165, 1.54) is 18.3 Å². The number of aromatic nitrogens is 1. The maximum absolute atomic E-state index is 12.6. The number of sulfonamides is 1. The number of nitrogens with one attached hydrogen (secondary N) is 2. The Hall–Kier alpha value is -3.73. The van der Waals surface area contributed by atoms with Crippen LogP contribution in [0.1, 0.15) is 16.1 Å². The number of rotatable bonds is 6. The second kappa shape index (κ2) is 7.48. The summed E-state index contributed by atoms with van der Waals surface area (Å²) in [4.78, 5) is 22.3. The third-order valence-corrected chi connectivity index (χ3v) is 5.15. The normalized spacial score (nSPS) is 11.0. The molecule has 0 radical (unpaired) electrons. The second-order valence-corrected chi connectivity index (χ2v) is 7.33. The molecule has 0 atom stereocenters. The van der Waals surface area contributed by atoms with E-state index in [-0.39, 0.29) is 27.5 Å². The highest BCUT2D eigenvalue weighted by Crippen LogP contribution is 2.26. The number of amides is 1. The van der Waals surface area contributed by atoms with Gasteiger partial charge in [-0.1, -0.05) is 17.3 Å². The van der Waals surface area contributed by atoms with Gasteiger partial charge in [0.15, 0.2) is 0 Å². The number of anilines is 2. The van der Waals surface area contributed by atoms with Crippen LogP contribution >= 0.6 is 0 Å². The Morgan fingerprint density at radius 2 is 1.75 bits per heavy atom. The Balaban J connectivity index is 1.85. The van der Waals surface area contributed by atoms with Crippen LogP contribution < -0.4 is 10.0 Å². The SMILES string of the molecule is Cc1oncc1C(=O)Nc1ccccc1NS(=O)(=O)c1ccc([N+](=O)[O-])cc1. The summed E-state index contributed by atoms with van der Waals surface area (Å²) in [5, 5.41) is 16.8. The minimum Gasteiger partial charge on any atom is -0.361 e. The van der Waals surface area contributed by atoms with Crippen LogP contribution in [0, 0.1) is 17.0 Å². The number of hydrogen-bond donors (Lipinski definition) is 2. The van der Waals surface area contributed by atoms with Gasteiger partial charge in [-0.2, -0.15) is 0 Å². The topological polar surface area (TPSA) is 144 Å². The van der Waals surface area contributed by atoms with Crippen molar-refractivity contribution >= 4 is 33.0 Å². The van der Waals surface area contributed by atoms with Crippen molar-refractivity contribution in [3.63, 3.8) is 0 Å². The lowest BCUT2D eigenvalue weighted by Gasteiger charge is -2.13. The van der Waals surface area contributed by atoms with Crippen molar-refractivity contribution in [2.45, 2.75) is 11.8 Å². The van der Waals surface area contributed by atoms with E-state index in [1.54, 1.807) is 19.1 Å². The van der Waals surface area contributed by atoms with E-state index >= 15 is 0 Å². The quantitative estimate of drug-likeness (QED) is 0.476. The molecule has 0 fully saturated rings. The summed E-state index contributed by atoms with van der Waals surface area (Å²) >= 11 is 0. The Kier molecular flexibility index (Phi) is 5.09. The first-order valence-electron chi connectivity index (χ1n) is 7.87. The first-order valence-corrected chi connectivity index (χ1v) is 9.35. The standard InChI is InChI=1S/C17H14N4O6S/c1-11-14(10-18-27-11)17(22)19-15-4-2-3-5-16(15)20-28(25,26)13-8-6-12(7-9-13)21(23)24/h2-10,20H,1H3,(H,19,22). The first-order chi connectivity index (χ1) is 13.3. The van der Waals surface area contributed by atoms with Gasteiger partial charge in [-0.25, -0.2) is 8.42 Å². The van der Waals surface area contributed by atoms with E-state index in [4.69, 9.17) is 4.52 Å². The predicted octanol–water partition coefficient (Wildman–Crippen LogP) is 2.94. The molecule has 0 unspecified atom stereocenters. The number of nitro benzene ring substituents is 1. The van der Waals surface area contributed by atoms with Crippen molar-refractivity contribution < 1.29 is 22.7 Å². The molecule has 10 nitrogen and oxygen atoms in total. The van der Waals surface area contributed by atoms with Gasteiger partial charge in [0.25, 0.3) is 21.6 Å². The predicted molar refractivity (Wildman–Crippen MR) is 99.5 cm³/mol. The fourth-order valence-electron chi connectivity index (χ4n) is 2.34. The molecule has 2 aromatic carbocycles. The molecule has 0 saturated heterocycles. The van der Waals surface area contributed by atoms with Gasteiger partial charge in [-0.3, -0.25) is 19.6 Å². The van der Waals surface area contributed by atoms with Crippen molar-refractivity contribution in [2.24, 2.45) is 0 Å². The molecule has 0 aliphatic rings. The fraction of sp³-hybridized carbons (Fsp3) is 0.0588. The number of nitro groups is 1. The smallest absolute Gasteiger partial charge is 0.269 e. The molecule has 0 bridgehead atoms. The van der Waals surface area contributed by atoms with Crippen LogP contribution in [0.5, 0.6) is 0 Å². The lowest BCUT2D eigenvalue weighted by molar-refractivity contribution is -0.384. The minimum atomic E-state index is -4.03. The summed E-state index contributed by atoms with van der Waals surface area (Å²) in [5.41, 5.74) is 0.339. The lowest BCUT2D eigenvalue weighted by atomic mass is 10.2. The van der Waals surface area contributed by atoms with Crippen LogP contribution in [-0.4, -0.2) is 24.4 Å². The van der Waals surface area contributed by atoms with Gasteiger partial charge in [0.2, 0.25) is 0 Å². The van der Waals surface area contributed by atoms with E-state index in [0.29, 0.717) is 5.76 Å². The zero-order chi connectivity index (χ0) is 20.3. The molecular formula is C17H14N4O6S. The second-order valence-electron chi connectivity index (χ2n) is 5.65. The number of benzene rings is 2. The molecule has 0 spiro atoms. The average molecular weight is 402 g/mol. The molecule has 0 aliphatic carbocycles. The minimum absolute atomic E-state index is 0.128. The summed E-state index contributed by atoms with van der Waals surface area (Å²) in [6, 6.07) is 10.7.